The van der Waals surface area contributed by atoms with Crippen LogP contribution in [0.2, 0.25) is 0 Å². The molecule has 0 amide bonds. The van der Waals surface area contributed by atoms with Crippen molar-refractivity contribution in [3.8, 4) is 22.5 Å². The second kappa shape index (κ2) is 18.0. The van der Waals surface area contributed by atoms with Crippen molar-refractivity contribution in [2.75, 3.05) is 0 Å². The van der Waals surface area contributed by atoms with E-state index < -0.39 is 0 Å². The topological polar surface area (TPSA) is 67.2 Å². The van der Waals surface area contributed by atoms with Gasteiger partial charge in [0.15, 0.2) is 11.4 Å². The summed E-state index contributed by atoms with van der Waals surface area (Å²) >= 11 is 0. The Kier molecular flexibility index (Phi) is 14.6. The Morgan fingerprint density at radius 1 is 0.980 bits per heavy atom. The van der Waals surface area contributed by atoms with E-state index in [0.29, 0.717) is 5.92 Å². The first-order chi connectivity index (χ1) is 23.3. The molecular weight excluding hydrogens is 797 g/mol. The number of benzene rings is 2. The van der Waals surface area contributed by atoms with Gasteiger partial charge in [0.05, 0.1) is 30.1 Å². The number of carbonyl (C=O) groups excluding carboxylic acids is 1. The van der Waals surface area contributed by atoms with Gasteiger partial charge >= 0.3 is 0 Å². The molecule has 0 spiro atoms. The minimum absolute atomic E-state index is 0. The third-order valence-corrected chi connectivity index (χ3v) is 9.44. The van der Waals surface area contributed by atoms with Crippen LogP contribution in [0.1, 0.15) is 99.1 Å². The second-order valence-corrected chi connectivity index (χ2v) is 14.6. The number of carbonyl (C=O) groups is 1. The first-order valence-corrected chi connectivity index (χ1v) is 17.9. The summed E-state index contributed by atoms with van der Waals surface area (Å²) < 4.78 is 7.67. The molecule has 269 valence electrons. The van der Waals surface area contributed by atoms with Crippen molar-refractivity contribution in [3.63, 3.8) is 0 Å². The van der Waals surface area contributed by atoms with E-state index in [0.717, 1.165) is 71.0 Å². The number of fused-ring (bicyclic) bond motifs is 2. The van der Waals surface area contributed by atoms with Crippen molar-refractivity contribution < 1.29 is 39.0 Å². The third kappa shape index (κ3) is 9.74. The first-order valence-electron chi connectivity index (χ1n) is 17.9. The summed E-state index contributed by atoms with van der Waals surface area (Å²) in [6.45, 7) is 19.3. The number of nitrogens with zero attached hydrogens (tertiary/aromatic N) is 2. The van der Waals surface area contributed by atoms with E-state index in [9.17, 15) is 9.90 Å². The van der Waals surface area contributed by atoms with E-state index in [2.05, 4.69) is 96.3 Å². The summed E-state index contributed by atoms with van der Waals surface area (Å²) in [4.78, 5) is 16.4. The molecule has 3 heterocycles. The summed E-state index contributed by atoms with van der Waals surface area (Å²) in [5.74, 6) is 1.11. The number of hydrogen-bond donors (Lipinski definition) is 1. The SMILES string of the molecule is CCC(CC)C(=O)/C=C(\O)C(CC)CC.[CH2-][n+]1ccc(-c2cc3c(CC(C)C)coc3cn2)cc1-c1[c-]c2ccccc2c(C(C)(C)C)c1.[Ir]. The Morgan fingerprint density at radius 3 is 2.26 bits per heavy atom. The van der Waals surface area contributed by atoms with Crippen LogP contribution in [-0.2, 0) is 36.7 Å². The van der Waals surface area contributed by atoms with Crippen LogP contribution >= 0.6 is 0 Å². The van der Waals surface area contributed by atoms with Gasteiger partial charge in [0.25, 0.3) is 0 Å². The van der Waals surface area contributed by atoms with Gasteiger partial charge in [-0.2, -0.15) is 0 Å². The molecule has 0 aliphatic heterocycles. The predicted molar refractivity (Wildman–Crippen MR) is 203 cm³/mol. The number of pyridine rings is 2. The molecule has 1 radical (unpaired) electrons. The monoisotopic (exact) mass is 852 g/mol. The Morgan fingerprint density at radius 2 is 1.64 bits per heavy atom. The van der Waals surface area contributed by atoms with Crippen LogP contribution in [0.25, 0.3) is 44.3 Å². The van der Waals surface area contributed by atoms with Gasteiger partial charge < -0.3 is 14.1 Å². The number of aliphatic hydroxyl groups excluding tert-OH is 1. The molecule has 0 aliphatic carbocycles. The van der Waals surface area contributed by atoms with Crippen molar-refractivity contribution in [3.05, 3.63) is 103 Å². The minimum Gasteiger partial charge on any atom is -0.512 e. The summed E-state index contributed by atoms with van der Waals surface area (Å²) in [6, 6.07) is 20.8. The molecule has 0 saturated heterocycles. The van der Waals surface area contributed by atoms with Gasteiger partial charge in [0.1, 0.15) is 5.69 Å². The molecule has 0 atom stereocenters. The molecule has 2 aromatic carbocycles. The maximum atomic E-state index is 11.7. The predicted octanol–water partition coefficient (Wildman–Crippen LogP) is 11.4. The average Bonchev–Trinajstić information content (AvgIpc) is 3.46. The van der Waals surface area contributed by atoms with Gasteiger partial charge in [-0.25, -0.2) is 0 Å². The van der Waals surface area contributed by atoms with Crippen LogP contribution in [0.5, 0.6) is 0 Å². The number of allylic oxidation sites excluding steroid dienone is 2. The largest absolute Gasteiger partial charge is 0.512 e. The van der Waals surface area contributed by atoms with E-state index in [1.807, 2.05) is 50.9 Å². The van der Waals surface area contributed by atoms with E-state index in [4.69, 9.17) is 9.40 Å². The summed E-state index contributed by atoms with van der Waals surface area (Å²) in [5, 5.41) is 13.3. The van der Waals surface area contributed by atoms with Gasteiger partial charge in [-0.3, -0.25) is 9.78 Å². The normalized spacial score (nSPS) is 12.0. The Balaban J connectivity index is 0.000000361. The summed E-state index contributed by atoms with van der Waals surface area (Å²) in [6.07, 6.45) is 11.6. The van der Waals surface area contributed by atoms with Gasteiger partial charge in [-0.15, -0.1) is 29.1 Å². The van der Waals surface area contributed by atoms with E-state index in [-0.39, 0.29) is 48.9 Å². The minimum atomic E-state index is 0. The zero-order valence-electron chi connectivity index (χ0n) is 31.4. The number of aromatic nitrogens is 2. The summed E-state index contributed by atoms with van der Waals surface area (Å²) in [7, 11) is 4.25. The fourth-order valence-corrected chi connectivity index (χ4v) is 6.43. The van der Waals surface area contributed by atoms with Gasteiger partial charge in [0, 0.05) is 50.5 Å². The standard InChI is InChI=1S/C31H31N2O.C13H24O2.Ir/c1-20(2)13-24-19-34-30-18-32-28(17-26(24)30)22-11-12-33(6)29(16-22)23-14-21-9-7-8-10-25(21)27(15-23)31(3,4)5;1-5-10(6-2)12(14)9-13(15)11(7-3)8-4;/h7-12,15-20H,6,13H2,1-5H3;9-11,14H,5-8H2,1-4H3;/q-1;;/b;12-9-;. The fraction of sp³-hybridized carbons (Fsp3) is 0.409. The van der Waals surface area contributed by atoms with Crippen molar-refractivity contribution >= 4 is 27.5 Å². The molecule has 0 saturated carbocycles. The molecular formula is C44H55IrN2O3-. The molecule has 1 N–H and O–H groups in total. The third-order valence-electron chi connectivity index (χ3n) is 9.44. The molecule has 5 aromatic rings. The number of rotatable bonds is 11. The Bertz CT molecular complexity index is 1910. The molecule has 5 nitrogen and oxygen atoms in total. The van der Waals surface area contributed by atoms with Gasteiger partial charge in [-0.1, -0.05) is 91.5 Å². The fourth-order valence-electron chi connectivity index (χ4n) is 6.43. The number of hydrogen-bond acceptors (Lipinski definition) is 4. The maximum absolute atomic E-state index is 11.7. The van der Waals surface area contributed by atoms with Crippen LogP contribution in [0.15, 0.2) is 83.4 Å². The molecule has 3 aromatic heterocycles. The zero-order chi connectivity index (χ0) is 35.9. The van der Waals surface area contributed by atoms with Gasteiger partial charge in [0.2, 0.25) is 0 Å². The zero-order valence-corrected chi connectivity index (χ0v) is 33.8. The quantitative estimate of drug-likeness (QED) is 0.0622. The van der Waals surface area contributed by atoms with Crippen LogP contribution in [0.3, 0.4) is 0 Å². The van der Waals surface area contributed by atoms with E-state index >= 15 is 0 Å². The average molecular weight is 852 g/mol. The smallest absolute Gasteiger partial charge is 0.162 e. The Hall–Kier alpha value is -3.73. The van der Waals surface area contributed by atoms with Crippen molar-refractivity contribution in [2.24, 2.45) is 17.8 Å². The van der Waals surface area contributed by atoms with Crippen LogP contribution in [0, 0.1) is 30.9 Å². The van der Waals surface area contributed by atoms with E-state index in [1.165, 1.54) is 22.6 Å². The number of ketones is 1. The molecule has 50 heavy (non-hydrogen) atoms. The molecule has 5 rings (SSSR count). The molecule has 0 unspecified atom stereocenters. The van der Waals surface area contributed by atoms with Crippen molar-refractivity contribution in [1.29, 1.82) is 0 Å². The van der Waals surface area contributed by atoms with E-state index in [1.54, 1.807) is 0 Å². The molecule has 0 bridgehead atoms. The first kappa shape index (κ1) is 40.7. The van der Waals surface area contributed by atoms with Crippen LogP contribution in [0.4, 0.5) is 0 Å². The van der Waals surface area contributed by atoms with Crippen molar-refractivity contribution in [1.82, 2.24) is 4.98 Å². The number of furan rings is 1. The number of aliphatic hydroxyl groups is 1. The molecule has 0 aliphatic rings. The molecule has 6 heteroatoms. The van der Waals surface area contributed by atoms with Crippen LogP contribution < -0.4 is 4.57 Å². The van der Waals surface area contributed by atoms with Gasteiger partial charge in [-0.05, 0) is 72.8 Å². The van der Waals surface area contributed by atoms with Crippen molar-refractivity contribution in [2.45, 2.75) is 99.8 Å². The summed E-state index contributed by atoms with van der Waals surface area (Å²) in [5.41, 5.74) is 7.39. The second-order valence-electron chi connectivity index (χ2n) is 14.6. The van der Waals surface area contributed by atoms with Crippen LogP contribution in [-0.4, -0.2) is 15.9 Å². The maximum Gasteiger partial charge on any atom is 0.162 e. The molecule has 0 fully saturated rings. The Labute approximate surface area is 313 Å².